The van der Waals surface area contributed by atoms with Gasteiger partial charge in [0.1, 0.15) is 0 Å². The molecule has 3 rings (SSSR count). The number of carbonyl (C=O) groups excluding carboxylic acids is 2. The molecule has 0 unspecified atom stereocenters. The Labute approximate surface area is 196 Å². The monoisotopic (exact) mass is 440 g/mol. The molecule has 2 N–H and O–H groups in total. The van der Waals surface area contributed by atoms with Gasteiger partial charge in [0.25, 0.3) is 5.91 Å². The van der Waals surface area contributed by atoms with Crippen molar-refractivity contribution < 1.29 is 9.59 Å². The van der Waals surface area contributed by atoms with Crippen molar-refractivity contribution in [1.82, 2.24) is 0 Å². The first-order chi connectivity index (χ1) is 15.6. The lowest BCUT2D eigenvalue weighted by molar-refractivity contribution is -0.111. The number of amides is 2. The first-order valence-corrected chi connectivity index (χ1v) is 11.2. The van der Waals surface area contributed by atoms with Gasteiger partial charge in [0, 0.05) is 23.0 Å². The van der Waals surface area contributed by atoms with Crippen molar-refractivity contribution in [2.45, 2.75) is 46.0 Å². The zero-order valence-corrected chi connectivity index (χ0v) is 20.0. The van der Waals surface area contributed by atoms with Gasteiger partial charge in [-0.25, -0.2) is 0 Å². The van der Waals surface area contributed by atoms with Gasteiger partial charge in [-0.15, -0.1) is 0 Å². The molecule has 170 valence electrons. The van der Waals surface area contributed by atoms with Crippen LogP contribution in [0, 0.1) is 0 Å². The van der Waals surface area contributed by atoms with Crippen LogP contribution in [0.25, 0.3) is 6.08 Å². The standard InChI is InChI=1S/C29H32N2O2/c1-20(2)22-12-9-21(10-13-22)11-18-27(32)30-25-7-6-8-26(19-25)31-28(33)23-14-16-24(17-15-23)29(3,4)5/h6-20H,1-5H3,(H,30,32)(H,31,33)/b18-11+. The van der Waals surface area contributed by atoms with Crippen LogP contribution in [0.2, 0.25) is 0 Å². The van der Waals surface area contributed by atoms with Crippen LogP contribution in [0.3, 0.4) is 0 Å². The van der Waals surface area contributed by atoms with Gasteiger partial charge in [0.05, 0.1) is 0 Å². The Hall–Kier alpha value is -3.66. The SMILES string of the molecule is CC(C)c1ccc(/C=C/C(=O)Nc2cccc(NC(=O)c3ccc(C(C)(C)C)cc3)c2)cc1. The molecular weight excluding hydrogens is 408 g/mol. The second kappa shape index (κ2) is 10.3. The zero-order chi connectivity index (χ0) is 24.0. The van der Waals surface area contributed by atoms with E-state index in [0.717, 1.165) is 5.56 Å². The molecule has 0 saturated heterocycles. The van der Waals surface area contributed by atoms with Gasteiger partial charge in [0.15, 0.2) is 0 Å². The molecule has 0 aliphatic carbocycles. The highest BCUT2D eigenvalue weighted by molar-refractivity contribution is 6.05. The Morgan fingerprint density at radius 3 is 2.00 bits per heavy atom. The van der Waals surface area contributed by atoms with Gasteiger partial charge in [-0.1, -0.05) is 77.1 Å². The molecule has 0 heterocycles. The maximum Gasteiger partial charge on any atom is 0.255 e. The molecule has 0 bridgehead atoms. The number of nitrogens with one attached hydrogen (secondary N) is 2. The zero-order valence-electron chi connectivity index (χ0n) is 20.0. The van der Waals surface area contributed by atoms with Crippen LogP contribution in [0.15, 0.2) is 78.9 Å². The Kier molecular flexibility index (Phi) is 7.49. The Morgan fingerprint density at radius 1 is 0.818 bits per heavy atom. The summed E-state index contributed by atoms with van der Waals surface area (Å²) in [5, 5.41) is 5.74. The normalized spacial score (nSPS) is 11.6. The molecule has 0 aromatic heterocycles. The minimum atomic E-state index is -0.232. The van der Waals surface area contributed by atoms with Crippen LogP contribution in [0.4, 0.5) is 11.4 Å². The Morgan fingerprint density at radius 2 is 1.42 bits per heavy atom. The van der Waals surface area contributed by atoms with Crippen LogP contribution >= 0.6 is 0 Å². The third-order valence-corrected chi connectivity index (χ3v) is 5.43. The molecule has 0 radical (unpaired) electrons. The summed E-state index contributed by atoms with van der Waals surface area (Å²) >= 11 is 0. The summed E-state index contributed by atoms with van der Waals surface area (Å²) in [6.07, 6.45) is 3.29. The average molecular weight is 441 g/mol. The van der Waals surface area contributed by atoms with E-state index in [4.69, 9.17) is 0 Å². The van der Waals surface area contributed by atoms with E-state index in [2.05, 4.69) is 57.4 Å². The van der Waals surface area contributed by atoms with Crippen LogP contribution in [0.1, 0.15) is 67.6 Å². The summed E-state index contributed by atoms with van der Waals surface area (Å²) in [6.45, 7) is 10.7. The van der Waals surface area contributed by atoms with Crippen LogP contribution < -0.4 is 10.6 Å². The number of benzene rings is 3. The van der Waals surface area contributed by atoms with Gasteiger partial charge in [-0.2, -0.15) is 0 Å². The van der Waals surface area contributed by atoms with Gasteiger partial charge < -0.3 is 10.6 Å². The largest absolute Gasteiger partial charge is 0.322 e. The van der Waals surface area contributed by atoms with E-state index < -0.39 is 0 Å². The van der Waals surface area contributed by atoms with Gasteiger partial charge in [0.2, 0.25) is 5.91 Å². The third kappa shape index (κ3) is 6.91. The van der Waals surface area contributed by atoms with E-state index in [0.29, 0.717) is 22.9 Å². The van der Waals surface area contributed by atoms with E-state index >= 15 is 0 Å². The van der Waals surface area contributed by atoms with Crippen molar-refractivity contribution in [2.75, 3.05) is 10.6 Å². The summed E-state index contributed by atoms with van der Waals surface area (Å²) in [7, 11) is 0. The molecular formula is C29H32N2O2. The topological polar surface area (TPSA) is 58.2 Å². The van der Waals surface area contributed by atoms with Crippen molar-refractivity contribution in [1.29, 1.82) is 0 Å². The fourth-order valence-corrected chi connectivity index (χ4v) is 3.35. The molecule has 4 heteroatoms. The Bertz CT molecular complexity index is 1140. The number of hydrogen-bond acceptors (Lipinski definition) is 2. The molecule has 0 spiro atoms. The molecule has 3 aromatic carbocycles. The maximum absolute atomic E-state index is 12.6. The van der Waals surface area contributed by atoms with Crippen molar-refractivity contribution in [3.05, 3.63) is 101 Å². The minimum Gasteiger partial charge on any atom is -0.322 e. The van der Waals surface area contributed by atoms with E-state index in [1.54, 1.807) is 30.3 Å². The summed E-state index contributed by atoms with van der Waals surface area (Å²) < 4.78 is 0. The fourth-order valence-electron chi connectivity index (χ4n) is 3.35. The predicted octanol–water partition coefficient (Wildman–Crippen LogP) is 7.01. The molecule has 0 aliphatic rings. The summed E-state index contributed by atoms with van der Waals surface area (Å²) in [6, 6.07) is 22.9. The molecule has 3 aromatic rings. The quantitative estimate of drug-likeness (QED) is 0.405. The van der Waals surface area contributed by atoms with Crippen LogP contribution in [0.5, 0.6) is 0 Å². The van der Waals surface area contributed by atoms with E-state index in [1.165, 1.54) is 17.2 Å². The van der Waals surface area contributed by atoms with E-state index in [1.807, 2.05) is 36.4 Å². The predicted molar refractivity (Wildman–Crippen MR) is 138 cm³/mol. The fraction of sp³-hybridized carbons (Fsp3) is 0.241. The summed E-state index contributed by atoms with van der Waals surface area (Å²) in [5.74, 6) is 0.0507. The molecule has 0 fully saturated rings. The lowest BCUT2D eigenvalue weighted by Gasteiger charge is -2.19. The second-order valence-corrected chi connectivity index (χ2v) is 9.51. The van der Waals surface area contributed by atoms with Crippen molar-refractivity contribution in [3.63, 3.8) is 0 Å². The van der Waals surface area contributed by atoms with Crippen molar-refractivity contribution in [3.8, 4) is 0 Å². The molecule has 2 amide bonds. The lowest BCUT2D eigenvalue weighted by atomic mass is 9.87. The first kappa shape index (κ1) is 24.0. The Balaban J connectivity index is 1.61. The molecule has 4 nitrogen and oxygen atoms in total. The van der Waals surface area contributed by atoms with Crippen LogP contribution in [-0.4, -0.2) is 11.8 Å². The van der Waals surface area contributed by atoms with Crippen molar-refractivity contribution >= 4 is 29.3 Å². The highest BCUT2D eigenvalue weighted by Gasteiger charge is 2.14. The first-order valence-electron chi connectivity index (χ1n) is 11.2. The van der Waals surface area contributed by atoms with Gasteiger partial charge in [-0.05, 0) is 64.4 Å². The number of hydrogen-bond donors (Lipinski definition) is 2. The highest BCUT2D eigenvalue weighted by atomic mass is 16.2. The molecule has 0 aliphatic heterocycles. The second-order valence-electron chi connectivity index (χ2n) is 9.51. The van der Waals surface area contributed by atoms with E-state index in [-0.39, 0.29) is 17.2 Å². The lowest BCUT2D eigenvalue weighted by Crippen LogP contribution is -2.14. The molecule has 33 heavy (non-hydrogen) atoms. The summed E-state index contributed by atoms with van der Waals surface area (Å²) in [5.41, 5.74) is 5.25. The average Bonchev–Trinajstić information content (AvgIpc) is 2.77. The minimum absolute atomic E-state index is 0.0352. The smallest absolute Gasteiger partial charge is 0.255 e. The maximum atomic E-state index is 12.6. The number of carbonyl (C=O) groups is 2. The molecule has 0 saturated carbocycles. The third-order valence-electron chi connectivity index (χ3n) is 5.43. The van der Waals surface area contributed by atoms with Gasteiger partial charge >= 0.3 is 0 Å². The molecule has 0 atom stereocenters. The number of anilines is 2. The van der Waals surface area contributed by atoms with Gasteiger partial charge in [-0.3, -0.25) is 9.59 Å². The van der Waals surface area contributed by atoms with Crippen molar-refractivity contribution in [2.24, 2.45) is 0 Å². The summed E-state index contributed by atoms with van der Waals surface area (Å²) in [4.78, 5) is 25.0. The number of rotatable bonds is 6. The van der Waals surface area contributed by atoms with Crippen LogP contribution in [-0.2, 0) is 10.2 Å². The highest BCUT2D eigenvalue weighted by Crippen LogP contribution is 2.23. The van der Waals surface area contributed by atoms with E-state index in [9.17, 15) is 9.59 Å².